The molecule has 5 rings (SSSR count). The number of benzene rings is 2. The van der Waals surface area contributed by atoms with Crippen molar-refractivity contribution in [3.63, 3.8) is 0 Å². The molecule has 0 amide bonds. The third kappa shape index (κ3) is 3.57. The van der Waals surface area contributed by atoms with Gasteiger partial charge in [-0.05, 0) is 43.7 Å². The maximum absolute atomic E-state index is 4.97. The predicted molar refractivity (Wildman–Crippen MR) is 119 cm³/mol. The highest BCUT2D eigenvalue weighted by atomic mass is 15.0. The Bertz CT molecular complexity index is 1350. The van der Waals surface area contributed by atoms with Gasteiger partial charge in [-0.15, -0.1) is 0 Å². The normalized spacial score (nSPS) is 11.1. The summed E-state index contributed by atoms with van der Waals surface area (Å²) in [4.78, 5) is 22.1. The third-order valence-corrected chi connectivity index (χ3v) is 5.09. The molecule has 0 aliphatic rings. The lowest BCUT2D eigenvalue weighted by Gasteiger charge is -2.04. The van der Waals surface area contributed by atoms with E-state index in [0.29, 0.717) is 0 Å². The summed E-state index contributed by atoms with van der Waals surface area (Å²) in [6.45, 7) is 4.11. The van der Waals surface area contributed by atoms with Crippen LogP contribution in [-0.4, -0.2) is 24.9 Å². The van der Waals surface area contributed by atoms with Gasteiger partial charge in [0.2, 0.25) is 0 Å². The lowest BCUT2D eigenvalue weighted by Crippen LogP contribution is -1.92. The smallest absolute Gasteiger partial charge is 0.111 e. The summed E-state index contributed by atoms with van der Waals surface area (Å²) in [5, 5.41) is 0. The summed E-state index contributed by atoms with van der Waals surface area (Å²) in [5.41, 5.74) is 8.83. The SMILES string of the molecule is Cc1cccc(Cc2nc(-c3ccc4nccnc4c3)c(-c3cccc(C)n3)[nH]2)c1. The van der Waals surface area contributed by atoms with Crippen molar-refractivity contribution in [1.82, 2.24) is 24.9 Å². The fraction of sp³-hybridized carbons (Fsp3) is 0.120. The Morgan fingerprint density at radius 1 is 0.800 bits per heavy atom. The number of rotatable bonds is 4. The van der Waals surface area contributed by atoms with Crippen LogP contribution in [0.25, 0.3) is 33.7 Å². The van der Waals surface area contributed by atoms with E-state index in [-0.39, 0.29) is 0 Å². The molecule has 146 valence electrons. The van der Waals surface area contributed by atoms with Crippen LogP contribution in [0.1, 0.15) is 22.6 Å². The fourth-order valence-electron chi connectivity index (χ4n) is 3.71. The zero-order valence-corrected chi connectivity index (χ0v) is 16.9. The maximum Gasteiger partial charge on any atom is 0.111 e. The number of hydrogen-bond donors (Lipinski definition) is 1. The highest BCUT2D eigenvalue weighted by molar-refractivity contribution is 5.84. The molecule has 30 heavy (non-hydrogen) atoms. The maximum atomic E-state index is 4.97. The minimum Gasteiger partial charge on any atom is -0.340 e. The first-order valence-electron chi connectivity index (χ1n) is 9.95. The molecule has 0 unspecified atom stereocenters. The lowest BCUT2D eigenvalue weighted by molar-refractivity contribution is 1.02. The summed E-state index contributed by atoms with van der Waals surface area (Å²) in [7, 11) is 0. The van der Waals surface area contributed by atoms with Gasteiger partial charge in [0.15, 0.2) is 0 Å². The Morgan fingerprint density at radius 2 is 1.63 bits per heavy atom. The van der Waals surface area contributed by atoms with Crippen LogP contribution < -0.4 is 0 Å². The van der Waals surface area contributed by atoms with E-state index < -0.39 is 0 Å². The monoisotopic (exact) mass is 391 g/mol. The molecular formula is C25H21N5. The minimum atomic E-state index is 0.730. The van der Waals surface area contributed by atoms with Crippen LogP contribution in [0.5, 0.6) is 0 Å². The van der Waals surface area contributed by atoms with Gasteiger partial charge in [0.1, 0.15) is 5.82 Å². The van der Waals surface area contributed by atoms with Crippen LogP contribution in [-0.2, 0) is 6.42 Å². The number of H-pyrrole nitrogens is 1. The van der Waals surface area contributed by atoms with Crippen LogP contribution >= 0.6 is 0 Å². The van der Waals surface area contributed by atoms with Gasteiger partial charge < -0.3 is 4.98 Å². The van der Waals surface area contributed by atoms with E-state index in [0.717, 1.165) is 51.6 Å². The minimum absolute atomic E-state index is 0.730. The highest BCUT2D eigenvalue weighted by Crippen LogP contribution is 2.31. The Kier molecular flexibility index (Phi) is 4.56. The van der Waals surface area contributed by atoms with Crippen molar-refractivity contribution in [2.24, 2.45) is 0 Å². The van der Waals surface area contributed by atoms with Gasteiger partial charge >= 0.3 is 0 Å². The molecule has 0 saturated heterocycles. The van der Waals surface area contributed by atoms with Crippen molar-refractivity contribution in [2.75, 3.05) is 0 Å². The van der Waals surface area contributed by atoms with Crippen LogP contribution in [0.3, 0.4) is 0 Å². The second-order valence-electron chi connectivity index (χ2n) is 7.50. The highest BCUT2D eigenvalue weighted by Gasteiger charge is 2.16. The topological polar surface area (TPSA) is 67.3 Å². The molecule has 0 saturated carbocycles. The molecule has 0 bridgehead atoms. The van der Waals surface area contributed by atoms with Crippen molar-refractivity contribution in [2.45, 2.75) is 20.3 Å². The molecule has 5 aromatic rings. The second kappa shape index (κ2) is 7.52. The molecule has 2 aromatic carbocycles. The fourth-order valence-corrected chi connectivity index (χ4v) is 3.71. The number of nitrogens with zero attached hydrogens (tertiary/aromatic N) is 4. The molecule has 0 fully saturated rings. The molecule has 0 radical (unpaired) electrons. The van der Waals surface area contributed by atoms with Gasteiger partial charge in [-0.3, -0.25) is 15.0 Å². The van der Waals surface area contributed by atoms with Crippen molar-refractivity contribution < 1.29 is 0 Å². The first-order valence-corrected chi connectivity index (χ1v) is 9.95. The standard InChI is InChI=1S/C25H21N5/c1-16-5-3-7-18(13-16)14-23-29-24(25(30-23)21-8-4-6-17(2)28-21)19-9-10-20-22(15-19)27-12-11-26-20/h3-13,15H,14H2,1-2H3,(H,29,30). The van der Waals surface area contributed by atoms with E-state index in [1.54, 1.807) is 12.4 Å². The number of aryl methyl sites for hydroxylation is 2. The lowest BCUT2D eigenvalue weighted by atomic mass is 10.1. The molecule has 1 N–H and O–H groups in total. The molecule has 0 spiro atoms. The van der Waals surface area contributed by atoms with E-state index in [4.69, 9.17) is 9.97 Å². The second-order valence-corrected chi connectivity index (χ2v) is 7.50. The quantitative estimate of drug-likeness (QED) is 0.452. The van der Waals surface area contributed by atoms with Crippen molar-refractivity contribution in [3.05, 3.63) is 95.7 Å². The summed E-state index contributed by atoms with van der Waals surface area (Å²) in [6.07, 6.45) is 4.15. The number of aromatic amines is 1. The van der Waals surface area contributed by atoms with Gasteiger partial charge in [0.05, 0.1) is 28.1 Å². The molecule has 3 aromatic heterocycles. The number of imidazole rings is 1. The zero-order chi connectivity index (χ0) is 20.5. The largest absolute Gasteiger partial charge is 0.340 e. The van der Waals surface area contributed by atoms with Gasteiger partial charge in [0, 0.05) is 30.1 Å². The molecule has 0 aliphatic heterocycles. The van der Waals surface area contributed by atoms with Crippen LogP contribution in [0.15, 0.2) is 73.1 Å². The van der Waals surface area contributed by atoms with Crippen molar-refractivity contribution >= 4 is 11.0 Å². The van der Waals surface area contributed by atoms with Gasteiger partial charge in [0.25, 0.3) is 0 Å². The van der Waals surface area contributed by atoms with Crippen LogP contribution in [0.2, 0.25) is 0 Å². The Balaban J connectivity index is 1.64. The Labute approximate surface area is 174 Å². The predicted octanol–water partition coefficient (Wildman–Crippen LogP) is 5.29. The Morgan fingerprint density at radius 3 is 2.47 bits per heavy atom. The van der Waals surface area contributed by atoms with E-state index in [2.05, 4.69) is 46.1 Å². The first kappa shape index (κ1) is 18.2. The van der Waals surface area contributed by atoms with Crippen LogP contribution in [0.4, 0.5) is 0 Å². The first-order chi connectivity index (χ1) is 14.7. The number of pyridine rings is 1. The summed E-state index contributed by atoms with van der Waals surface area (Å²) in [5.74, 6) is 0.910. The summed E-state index contributed by atoms with van der Waals surface area (Å²) >= 11 is 0. The van der Waals surface area contributed by atoms with Gasteiger partial charge in [-0.2, -0.15) is 0 Å². The van der Waals surface area contributed by atoms with E-state index >= 15 is 0 Å². The molecule has 5 nitrogen and oxygen atoms in total. The van der Waals surface area contributed by atoms with E-state index in [1.807, 2.05) is 43.3 Å². The third-order valence-electron chi connectivity index (χ3n) is 5.09. The van der Waals surface area contributed by atoms with Crippen LogP contribution in [0, 0.1) is 13.8 Å². The van der Waals surface area contributed by atoms with E-state index in [1.165, 1.54) is 11.1 Å². The van der Waals surface area contributed by atoms with E-state index in [9.17, 15) is 0 Å². The molecular weight excluding hydrogens is 370 g/mol. The average molecular weight is 391 g/mol. The number of aromatic nitrogens is 5. The Hall–Kier alpha value is -3.86. The molecule has 0 atom stereocenters. The van der Waals surface area contributed by atoms with Crippen molar-refractivity contribution in [1.29, 1.82) is 0 Å². The van der Waals surface area contributed by atoms with Gasteiger partial charge in [-0.25, -0.2) is 4.98 Å². The molecule has 0 aliphatic carbocycles. The number of fused-ring (bicyclic) bond motifs is 1. The number of hydrogen-bond acceptors (Lipinski definition) is 4. The number of nitrogens with one attached hydrogen (secondary N) is 1. The van der Waals surface area contributed by atoms with Gasteiger partial charge in [-0.1, -0.05) is 42.0 Å². The summed E-state index contributed by atoms with van der Waals surface area (Å²) in [6, 6.07) is 20.6. The summed E-state index contributed by atoms with van der Waals surface area (Å²) < 4.78 is 0. The zero-order valence-electron chi connectivity index (χ0n) is 16.9. The molecule has 3 heterocycles. The molecule has 5 heteroatoms. The van der Waals surface area contributed by atoms with Crippen molar-refractivity contribution in [3.8, 4) is 22.6 Å². The average Bonchev–Trinajstić information content (AvgIpc) is 3.17.